The Balaban J connectivity index is 0. The molecule has 0 atom stereocenters. The van der Waals surface area contributed by atoms with Crippen molar-refractivity contribution in [1.29, 1.82) is 0 Å². The Hall–Kier alpha value is 0.220. The van der Waals surface area contributed by atoms with Crippen LogP contribution in [0.25, 0.3) is 0 Å². The van der Waals surface area contributed by atoms with Gasteiger partial charge < -0.3 is 0 Å². The lowest BCUT2D eigenvalue weighted by molar-refractivity contribution is 0.324. The van der Waals surface area contributed by atoms with E-state index in [2.05, 4.69) is 4.18 Å². The molecule has 0 unspecified atom stereocenters. The molecule has 0 fully saturated rings. The Morgan fingerprint density at radius 1 is 1.57 bits per heavy atom. The van der Waals surface area contributed by atoms with Crippen molar-refractivity contribution in [3.63, 3.8) is 0 Å². The molecule has 0 spiro atoms. The van der Waals surface area contributed by atoms with E-state index in [-0.39, 0.29) is 13.5 Å². The predicted octanol–water partition coefficient (Wildman–Crippen LogP) is -0.452. The van der Waals surface area contributed by atoms with E-state index >= 15 is 0 Å². The average molecular weight is 146 g/mol. The molecule has 0 amide bonds. The van der Waals surface area contributed by atoms with Crippen LogP contribution in [0, 0.1) is 0 Å². The Kier molecular flexibility index (Phi) is 4.76. The van der Waals surface area contributed by atoms with Crippen LogP contribution in [-0.2, 0) is 14.6 Å². The minimum atomic E-state index is -4.16. The molecule has 0 saturated carbocycles. The van der Waals surface area contributed by atoms with Crippen LogP contribution in [0.1, 0.15) is 0 Å². The maximum Gasteiger partial charge on any atom is 0.397 e. The van der Waals surface area contributed by atoms with Crippen LogP contribution in [0.2, 0.25) is 0 Å². The smallest absolute Gasteiger partial charge is 0.264 e. The summed E-state index contributed by atoms with van der Waals surface area (Å²) in [5.74, 6) is 0. The molecule has 0 rings (SSSR count). The fraction of sp³-hybridized carbons (Fsp3) is 1.00. The Morgan fingerprint density at radius 2 is 1.71 bits per heavy atom. The predicted molar refractivity (Wildman–Crippen MR) is 28.9 cm³/mol. The second-order valence-electron chi connectivity index (χ2n) is 0.594. The van der Waals surface area contributed by atoms with Gasteiger partial charge in [0.25, 0.3) is 0 Å². The molecule has 0 aliphatic heterocycles. The lowest BCUT2D eigenvalue weighted by Gasteiger charge is -1.82. The van der Waals surface area contributed by atoms with E-state index in [1.165, 1.54) is 0 Å². The van der Waals surface area contributed by atoms with Gasteiger partial charge >= 0.3 is 10.4 Å². The third-order valence-electron chi connectivity index (χ3n) is 0.211. The highest BCUT2D eigenvalue weighted by atomic mass is 32.3. The van der Waals surface area contributed by atoms with Crippen LogP contribution in [0.5, 0.6) is 0 Å². The Morgan fingerprint density at radius 3 is 1.71 bits per heavy atom. The number of rotatable bonds is 1. The molecule has 0 radical (unpaired) electrons. The summed E-state index contributed by atoms with van der Waals surface area (Å²) in [6.07, 6.45) is 0. The van der Waals surface area contributed by atoms with Crippen molar-refractivity contribution in [2.45, 2.75) is 0 Å². The standard InChI is InChI=1S/CH4O4S.H2S/c1-5-6(2,3)4;/h1H3,(H,2,3,4);1H2. The zero-order chi connectivity index (χ0) is 5.21. The van der Waals surface area contributed by atoms with Crippen LogP contribution in [0.4, 0.5) is 0 Å². The molecule has 0 aromatic rings. The molecule has 4 nitrogen and oxygen atoms in total. The molecule has 0 saturated heterocycles. The molecule has 0 aliphatic rings. The van der Waals surface area contributed by atoms with Crippen molar-refractivity contribution in [2.75, 3.05) is 7.11 Å². The second-order valence-corrected chi connectivity index (χ2v) is 1.78. The van der Waals surface area contributed by atoms with E-state index in [4.69, 9.17) is 4.55 Å². The van der Waals surface area contributed by atoms with E-state index in [1.807, 2.05) is 0 Å². The van der Waals surface area contributed by atoms with E-state index in [1.54, 1.807) is 0 Å². The number of hydrogen-bond acceptors (Lipinski definition) is 3. The molecule has 0 bridgehead atoms. The minimum Gasteiger partial charge on any atom is -0.264 e. The van der Waals surface area contributed by atoms with Crippen molar-refractivity contribution < 1.29 is 17.2 Å². The maximum absolute atomic E-state index is 9.33. The minimum absolute atomic E-state index is 0. The number of hydrogen-bond donors (Lipinski definition) is 1. The van der Waals surface area contributed by atoms with Crippen molar-refractivity contribution in [1.82, 2.24) is 0 Å². The first kappa shape index (κ1) is 10.3. The molecule has 0 aromatic carbocycles. The summed E-state index contributed by atoms with van der Waals surface area (Å²) < 4.78 is 29.7. The molecular formula is CH6O4S2. The van der Waals surface area contributed by atoms with Gasteiger partial charge in [-0.25, -0.2) is 0 Å². The van der Waals surface area contributed by atoms with Gasteiger partial charge in [0, 0.05) is 0 Å². The average Bonchev–Trinajstić information content (AvgIpc) is 1.35. The van der Waals surface area contributed by atoms with E-state index in [9.17, 15) is 8.42 Å². The monoisotopic (exact) mass is 146 g/mol. The maximum atomic E-state index is 9.33. The third kappa shape index (κ3) is 10.7. The van der Waals surface area contributed by atoms with Crippen LogP contribution < -0.4 is 0 Å². The van der Waals surface area contributed by atoms with Gasteiger partial charge in [-0.05, 0) is 0 Å². The van der Waals surface area contributed by atoms with Crippen molar-refractivity contribution >= 4 is 23.9 Å². The lowest BCUT2D eigenvalue weighted by Crippen LogP contribution is -1.96. The van der Waals surface area contributed by atoms with Gasteiger partial charge in [-0.2, -0.15) is 21.9 Å². The molecular weight excluding hydrogens is 140 g/mol. The molecule has 1 N–H and O–H groups in total. The summed E-state index contributed by atoms with van der Waals surface area (Å²) in [7, 11) is -3.29. The molecule has 0 aliphatic carbocycles. The molecule has 7 heavy (non-hydrogen) atoms. The molecule has 0 aromatic heterocycles. The van der Waals surface area contributed by atoms with Crippen LogP contribution >= 0.6 is 13.5 Å². The first-order chi connectivity index (χ1) is 2.56. The highest BCUT2D eigenvalue weighted by Gasteiger charge is 1.93. The van der Waals surface area contributed by atoms with E-state index in [0.717, 1.165) is 7.11 Å². The molecule has 46 valence electrons. The fourth-order valence-corrected chi connectivity index (χ4v) is 0. The van der Waals surface area contributed by atoms with E-state index < -0.39 is 10.4 Å². The first-order valence-electron chi connectivity index (χ1n) is 1.09. The normalized spacial score (nSPS) is 10.0. The second kappa shape index (κ2) is 3.25. The van der Waals surface area contributed by atoms with Gasteiger partial charge in [0.15, 0.2) is 0 Å². The molecule has 0 heterocycles. The van der Waals surface area contributed by atoms with Crippen LogP contribution in [0.3, 0.4) is 0 Å². The summed E-state index contributed by atoms with van der Waals surface area (Å²) in [5, 5.41) is 0. The Bertz CT molecular complexity index is 112. The zero-order valence-electron chi connectivity index (χ0n) is 3.58. The fourth-order valence-electron chi connectivity index (χ4n) is 0. The van der Waals surface area contributed by atoms with Gasteiger partial charge in [0.2, 0.25) is 0 Å². The Labute approximate surface area is 48.9 Å². The summed E-state index contributed by atoms with van der Waals surface area (Å²) >= 11 is 0. The largest absolute Gasteiger partial charge is 0.397 e. The SMILES string of the molecule is COS(=O)(=O)O.S. The van der Waals surface area contributed by atoms with Crippen molar-refractivity contribution in [3.8, 4) is 0 Å². The zero-order valence-corrected chi connectivity index (χ0v) is 5.40. The summed E-state index contributed by atoms with van der Waals surface area (Å²) in [5.41, 5.74) is 0. The van der Waals surface area contributed by atoms with Gasteiger partial charge in [-0.1, -0.05) is 0 Å². The van der Waals surface area contributed by atoms with Crippen LogP contribution in [0.15, 0.2) is 0 Å². The first-order valence-corrected chi connectivity index (χ1v) is 2.46. The third-order valence-corrected chi connectivity index (χ3v) is 0.632. The van der Waals surface area contributed by atoms with Crippen molar-refractivity contribution in [2.24, 2.45) is 0 Å². The van der Waals surface area contributed by atoms with Gasteiger partial charge in [0.1, 0.15) is 0 Å². The summed E-state index contributed by atoms with van der Waals surface area (Å²) in [6.45, 7) is 0. The topological polar surface area (TPSA) is 63.6 Å². The highest BCUT2D eigenvalue weighted by molar-refractivity contribution is 7.80. The van der Waals surface area contributed by atoms with E-state index in [0.29, 0.717) is 0 Å². The van der Waals surface area contributed by atoms with Gasteiger partial charge in [-0.15, -0.1) is 0 Å². The highest BCUT2D eigenvalue weighted by Crippen LogP contribution is 1.74. The van der Waals surface area contributed by atoms with Gasteiger partial charge in [0.05, 0.1) is 7.11 Å². The van der Waals surface area contributed by atoms with Crippen molar-refractivity contribution in [3.05, 3.63) is 0 Å². The summed E-state index contributed by atoms with van der Waals surface area (Å²) in [4.78, 5) is 0. The summed E-state index contributed by atoms with van der Waals surface area (Å²) in [6, 6.07) is 0. The molecule has 6 heteroatoms. The van der Waals surface area contributed by atoms with Crippen LogP contribution in [-0.4, -0.2) is 20.1 Å². The quantitative estimate of drug-likeness (QED) is 0.509. The lowest BCUT2D eigenvalue weighted by atomic mass is 11.8. The van der Waals surface area contributed by atoms with Gasteiger partial charge in [-0.3, -0.25) is 8.74 Å².